The SMILES string of the molecule is CCOC(Cn1c(=O)ccc2cc(Br)ccc21)OCC. The molecule has 0 saturated heterocycles. The maximum atomic E-state index is 12.1. The molecule has 0 spiro atoms. The fourth-order valence-electron chi connectivity index (χ4n) is 2.14. The van der Waals surface area contributed by atoms with Gasteiger partial charge in [0.25, 0.3) is 5.56 Å². The summed E-state index contributed by atoms with van der Waals surface area (Å²) in [5.41, 5.74) is 0.828. The molecular weight excluding hydrogens is 322 g/mol. The molecule has 2 rings (SSSR count). The highest BCUT2D eigenvalue weighted by atomic mass is 79.9. The number of nitrogens with zero attached hydrogens (tertiary/aromatic N) is 1. The van der Waals surface area contributed by atoms with E-state index in [1.807, 2.05) is 38.1 Å². The van der Waals surface area contributed by atoms with Crippen molar-refractivity contribution in [3.8, 4) is 0 Å². The molecule has 0 atom stereocenters. The van der Waals surface area contributed by atoms with E-state index in [9.17, 15) is 4.79 Å². The van der Waals surface area contributed by atoms with Crippen LogP contribution in [0.15, 0.2) is 39.6 Å². The molecule has 0 radical (unpaired) electrons. The van der Waals surface area contributed by atoms with Crippen LogP contribution in [0.2, 0.25) is 0 Å². The summed E-state index contributed by atoms with van der Waals surface area (Å²) >= 11 is 3.44. The van der Waals surface area contributed by atoms with Crippen molar-refractivity contribution in [3.63, 3.8) is 0 Å². The van der Waals surface area contributed by atoms with Gasteiger partial charge in [0.1, 0.15) is 0 Å². The van der Waals surface area contributed by atoms with E-state index >= 15 is 0 Å². The molecule has 0 saturated carbocycles. The third-order valence-corrected chi connectivity index (χ3v) is 3.48. The van der Waals surface area contributed by atoms with Crippen molar-refractivity contribution >= 4 is 26.8 Å². The average molecular weight is 340 g/mol. The van der Waals surface area contributed by atoms with Crippen LogP contribution in [-0.4, -0.2) is 24.1 Å². The minimum absolute atomic E-state index is 0.0516. The number of fused-ring (bicyclic) bond motifs is 1. The van der Waals surface area contributed by atoms with Crippen LogP contribution in [0.5, 0.6) is 0 Å². The molecule has 0 N–H and O–H groups in total. The number of halogens is 1. The maximum Gasteiger partial charge on any atom is 0.251 e. The number of rotatable bonds is 6. The van der Waals surface area contributed by atoms with Crippen molar-refractivity contribution in [3.05, 3.63) is 45.2 Å². The van der Waals surface area contributed by atoms with Crippen LogP contribution in [-0.2, 0) is 16.0 Å². The van der Waals surface area contributed by atoms with Gasteiger partial charge in [-0.25, -0.2) is 0 Å². The van der Waals surface area contributed by atoms with Gasteiger partial charge in [-0.1, -0.05) is 15.9 Å². The number of hydrogen-bond acceptors (Lipinski definition) is 3. The van der Waals surface area contributed by atoms with E-state index in [2.05, 4.69) is 15.9 Å². The lowest BCUT2D eigenvalue weighted by Crippen LogP contribution is -2.30. The summed E-state index contributed by atoms with van der Waals surface area (Å²) < 4.78 is 13.7. The topological polar surface area (TPSA) is 40.5 Å². The molecule has 0 aliphatic rings. The molecule has 1 aromatic heterocycles. The second kappa shape index (κ2) is 7.02. The van der Waals surface area contributed by atoms with Gasteiger partial charge in [0.2, 0.25) is 0 Å². The number of pyridine rings is 1. The van der Waals surface area contributed by atoms with Gasteiger partial charge < -0.3 is 14.0 Å². The molecule has 1 aromatic carbocycles. The minimum atomic E-state index is -0.406. The van der Waals surface area contributed by atoms with Crippen molar-refractivity contribution in [2.24, 2.45) is 0 Å². The summed E-state index contributed by atoms with van der Waals surface area (Å²) in [5.74, 6) is 0. The second-order valence-electron chi connectivity index (χ2n) is 4.33. The van der Waals surface area contributed by atoms with Gasteiger partial charge in [-0.05, 0) is 43.5 Å². The van der Waals surface area contributed by atoms with Crippen molar-refractivity contribution in [1.29, 1.82) is 0 Å². The normalized spacial score (nSPS) is 11.4. The lowest BCUT2D eigenvalue weighted by Gasteiger charge is -2.19. The zero-order valence-corrected chi connectivity index (χ0v) is 13.2. The largest absolute Gasteiger partial charge is 0.351 e. The van der Waals surface area contributed by atoms with Gasteiger partial charge >= 0.3 is 0 Å². The Balaban J connectivity index is 2.41. The first-order valence-corrected chi connectivity index (χ1v) is 7.47. The number of benzene rings is 1. The smallest absolute Gasteiger partial charge is 0.251 e. The van der Waals surface area contributed by atoms with E-state index in [-0.39, 0.29) is 5.56 Å². The molecule has 1 heterocycles. The molecule has 0 fully saturated rings. The van der Waals surface area contributed by atoms with Crippen LogP contribution < -0.4 is 5.56 Å². The fraction of sp³-hybridized carbons (Fsp3) is 0.400. The highest BCUT2D eigenvalue weighted by molar-refractivity contribution is 9.10. The van der Waals surface area contributed by atoms with E-state index in [0.717, 1.165) is 15.4 Å². The molecular formula is C15H18BrNO3. The fourth-order valence-corrected chi connectivity index (χ4v) is 2.52. The number of hydrogen-bond donors (Lipinski definition) is 0. The van der Waals surface area contributed by atoms with Crippen LogP contribution in [0.3, 0.4) is 0 Å². The highest BCUT2D eigenvalue weighted by Gasteiger charge is 2.12. The molecule has 5 heteroatoms. The van der Waals surface area contributed by atoms with Crippen molar-refractivity contribution in [2.75, 3.05) is 13.2 Å². The van der Waals surface area contributed by atoms with E-state index in [1.54, 1.807) is 10.6 Å². The van der Waals surface area contributed by atoms with Gasteiger partial charge in [0.15, 0.2) is 6.29 Å². The molecule has 0 bridgehead atoms. The maximum absolute atomic E-state index is 12.1. The van der Waals surface area contributed by atoms with Crippen LogP contribution >= 0.6 is 15.9 Å². The van der Waals surface area contributed by atoms with Crippen LogP contribution in [0.4, 0.5) is 0 Å². The third kappa shape index (κ3) is 3.48. The van der Waals surface area contributed by atoms with Crippen molar-refractivity contribution in [2.45, 2.75) is 26.7 Å². The van der Waals surface area contributed by atoms with Gasteiger partial charge in [-0.3, -0.25) is 4.79 Å². The van der Waals surface area contributed by atoms with Gasteiger partial charge in [-0.2, -0.15) is 0 Å². The number of ether oxygens (including phenoxy) is 2. The molecule has 4 nitrogen and oxygen atoms in total. The first-order valence-electron chi connectivity index (χ1n) is 6.68. The Morgan fingerprint density at radius 1 is 1.15 bits per heavy atom. The predicted molar refractivity (Wildman–Crippen MR) is 82.9 cm³/mol. The Morgan fingerprint density at radius 2 is 1.85 bits per heavy atom. The Bertz CT molecular complexity index is 633. The van der Waals surface area contributed by atoms with Crippen molar-refractivity contribution < 1.29 is 9.47 Å². The van der Waals surface area contributed by atoms with Crippen LogP contribution in [0.1, 0.15) is 13.8 Å². The Kier molecular flexibility index (Phi) is 5.34. The molecule has 108 valence electrons. The van der Waals surface area contributed by atoms with E-state index in [0.29, 0.717) is 19.8 Å². The van der Waals surface area contributed by atoms with Crippen molar-refractivity contribution in [1.82, 2.24) is 4.57 Å². The number of aromatic nitrogens is 1. The zero-order chi connectivity index (χ0) is 14.5. The summed E-state index contributed by atoms with van der Waals surface area (Å²) in [5, 5.41) is 1.01. The average Bonchev–Trinajstić information content (AvgIpc) is 2.42. The predicted octanol–water partition coefficient (Wildman–Crippen LogP) is 3.16. The minimum Gasteiger partial charge on any atom is -0.351 e. The van der Waals surface area contributed by atoms with Gasteiger partial charge in [0, 0.05) is 23.8 Å². The summed E-state index contributed by atoms with van der Waals surface area (Å²) in [6.07, 6.45) is -0.406. The highest BCUT2D eigenvalue weighted by Crippen LogP contribution is 2.18. The summed E-state index contributed by atoms with van der Waals surface area (Å²) in [4.78, 5) is 12.1. The molecule has 0 unspecified atom stereocenters. The quantitative estimate of drug-likeness (QED) is 0.759. The summed E-state index contributed by atoms with van der Waals surface area (Å²) in [7, 11) is 0. The Hall–Kier alpha value is -1.17. The standard InChI is InChI=1S/C15H18BrNO3/c1-3-19-15(20-4-2)10-17-13-7-6-12(16)9-11(13)5-8-14(17)18/h5-9,15H,3-4,10H2,1-2H3. The Labute approximate surface area is 126 Å². The summed E-state index contributed by atoms with van der Waals surface area (Å²) in [6.45, 7) is 5.31. The van der Waals surface area contributed by atoms with Gasteiger partial charge in [-0.15, -0.1) is 0 Å². The van der Waals surface area contributed by atoms with E-state index in [1.165, 1.54) is 0 Å². The monoisotopic (exact) mass is 339 g/mol. The third-order valence-electron chi connectivity index (χ3n) is 2.99. The second-order valence-corrected chi connectivity index (χ2v) is 5.24. The van der Waals surface area contributed by atoms with E-state index < -0.39 is 6.29 Å². The molecule has 0 aliphatic carbocycles. The lowest BCUT2D eigenvalue weighted by atomic mass is 10.2. The van der Waals surface area contributed by atoms with E-state index in [4.69, 9.17) is 9.47 Å². The van der Waals surface area contributed by atoms with Crippen LogP contribution in [0.25, 0.3) is 10.9 Å². The van der Waals surface area contributed by atoms with Crippen LogP contribution in [0, 0.1) is 0 Å². The summed E-state index contributed by atoms with van der Waals surface area (Å²) in [6, 6.07) is 9.24. The Morgan fingerprint density at radius 3 is 2.50 bits per heavy atom. The zero-order valence-electron chi connectivity index (χ0n) is 11.6. The molecule has 20 heavy (non-hydrogen) atoms. The molecule has 2 aromatic rings. The molecule has 0 aliphatic heterocycles. The van der Waals surface area contributed by atoms with Gasteiger partial charge in [0.05, 0.1) is 12.1 Å². The molecule has 0 amide bonds. The first-order chi connectivity index (χ1) is 9.65. The first kappa shape index (κ1) is 15.2. The lowest BCUT2D eigenvalue weighted by molar-refractivity contribution is -0.143.